The molecule has 1 aliphatic rings. The highest BCUT2D eigenvalue weighted by Crippen LogP contribution is 2.31. The fourth-order valence-corrected chi connectivity index (χ4v) is 2.52. The predicted molar refractivity (Wildman–Crippen MR) is 72.7 cm³/mol. The minimum atomic E-state index is 0.548. The number of rotatable bonds is 9. The van der Waals surface area contributed by atoms with Crippen LogP contribution in [0.2, 0.25) is 0 Å². The third-order valence-electron chi connectivity index (χ3n) is 3.81. The molecule has 96 valence electrons. The average molecular weight is 225 g/mol. The van der Waals surface area contributed by atoms with Gasteiger partial charge in [-0.25, -0.2) is 0 Å². The Hall–Kier alpha value is -0.0400. The van der Waals surface area contributed by atoms with Crippen molar-refractivity contribution in [2.75, 3.05) is 6.54 Å². The molecular weight excluding hydrogens is 194 g/mol. The van der Waals surface area contributed by atoms with E-state index in [4.69, 9.17) is 0 Å². The van der Waals surface area contributed by atoms with Crippen molar-refractivity contribution < 1.29 is 0 Å². The van der Waals surface area contributed by atoms with Crippen LogP contribution in [0.5, 0.6) is 0 Å². The largest absolute Gasteiger partial charge is 0.313 e. The first kappa shape index (κ1) is 14.0. The number of hydrogen-bond donors (Lipinski definition) is 1. The standard InChI is InChI=1S/C15H31N/c1-5-10-15(4,11-6-7-13(2)3)12-16-14-8-9-14/h13-14,16H,5-12H2,1-4H3. The number of hydrogen-bond acceptors (Lipinski definition) is 1. The molecule has 0 aromatic carbocycles. The van der Waals surface area contributed by atoms with Crippen LogP contribution in [0.4, 0.5) is 0 Å². The van der Waals surface area contributed by atoms with Crippen molar-refractivity contribution >= 4 is 0 Å². The summed E-state index contributed by atoms with van der Waals surface area (Å²) in [7, 11) is 0. The van der Waals surface area contributed by atoms with Gasteiger partial charge in [0.2, 0.25) is 0 Å². The van der Waals surface area contributed by atoms with Crippen LogP contribution in [0.25, 0.3) is 0 Å². The molecule has 0 radical (unpaired) electrons. The third-order valence-corrected chi connectivity index (χ3v) is 3.81. The normalized spacial score (nSPS) is 20.1. The van der Waals surface area contributed by atoms with Gasteiger partial charge in [0.15, 0.2) is 0 Å². The van der Waals surface area contributed by atoms with Crippen molar-refractivity contribution in [3.63, 3.8) is 0 Å². The second-order valence-electron chi connectivity index (χ2n) is 6.50. The molecule has 0 bridgehead atoms. The summed E-state index contributed by atoms with van der Waals surface area (Å²) in [5.41, 5.74) is 0.548. The molecule has 1 fully saturated rings. The summed E-state index contributed by atoms with van der Waals surface area (Å²) >= 11 is 0. The van der Waals surface area contributed by atoms with Crippen molar-refractivity contribution in [2.24, 2.45) is 11.3 Å². The first-order valence-electron chi connectivity index (χ1n) is 7.29. The Labute approximate surface area is 102 Å². The van der Waals surface area contributed by atoms with Crippen molar-refractivity contribution in [1.82, 2.24) is 5.32 Å². The Balaban J connectivity index is 2.24. The van der Waals surface area contributed by atoms with E-state index >= 15 is 0 Å². The summed E-state index contributed by atoms with van der Waals surface area (Å²) in [5, 5.41) is 3.72. The molecule has 1 unspecified atom stereocenters. The van der Waals surface area contributed by atoms with Gasteiger partial charge in [0, 0.05) is 12.6 Å². The van der Waals surface area contributed by atoms with Gasteiger partial charge in [-0.2, -0.15) is 0 Å². The second-order valence-corrected chi connectivity index (χ2v) is 6.50. The van der Waals surface area contributed by atoms with E-state index in [0.717, 1.165) is 12.0 Å². The third kappa shape index (κ3) is 5.89. The summed E-state index contributed by atoms with van der Waals surface area (Å²) in [6.07, 6.45) is 9.72. The highest BCUT2D eigenvalue weighted by Gasteiger charge is 2.27. The Bertz CT molecular complexity index is 184. The molecule has 1 aliphatic carbocycles. The molecule has 1 heteroatoms. The van der Waals surface area contributed by atoms with Crippen LogP contribution in [0.1, 0.15) is 72.6 Å². The predicted octanol–water partition coefficient (Wildman–Crippen LogP) is 4.37. The van der Waals surface area contributed by atoms with Gasteiger partial charge in [-0.1, -0.05) is 47.0 Å². The molecule has 0 heterocycles. The van der Waals surface area contributed by atoms with Gasteiger partial charge >= 0.3 is 0 Å². The summed E-state index contributed by atoms with van der Waals surface area (Å²) in [6, 6.07) is 0.862. The zero-order chi connectivity index (χ0) is 12.0. The Morgan fingerprint density at radius 3 is 2.44 bits per heavy atom. The lowest BCUT2D eigenvalue weighted by atomic mass is 9.80. The summed E-state index contributed by atoms with van der Waals surface area (Å²) < 4.78 is 0. The Morgan fingerprint density at radius 2 is 1.94 bits per heavy atom. The van der Waals surface area contributed by atoms with E-state index < -0.39 is 0 Å². The van der Waals surface area contributed by atoms with Gasteiger partial charge in [0.1, 0.15) is 0 Å². The minimum absolute atomic E-state index is 0.548. The lowest BCUT2D eigenvalue weighted by Gasteiger charge is -2.30. The van der Waals surface area contributed by atoms with Crippen molar-refractivity contribution in [1.29, 1.82) is 0 Å². The molecule has 1 nitrogen and oxygen atoms in total. The van der Waals surface area contributed by atoms with Crippen LogP contribution in [0, 0.1) is 11.3 Å². The molecule has 0 saturated heterocycles. The molecule has 0 amide bonds. The molecule has 1 N–H and O–H groups in total. The van der Waals surface area contributed by atoms with Crippen LogP contribution in [-0.4, -0.2) is 12.6 Å². The van der Waals surface area contributed by atoms with E-state index in [-0.39, 0.29) is 0 Å². The monoisotopic (exact) mass is 225 g/mol. The maximum atomic E-state index is 3.72. The molecule has 1 rings (SSSR count). The van der Waals surface area contributed by atoms with E-state index in [1.165, 1.54) is 51.5 Å². The Kier molecular flexibility index (Phi) is 5.82. The first-order valence-corrected chi connectivity index (χ1v) is 7.29. The SMILES string of the molecule is CCCC(C)(CCCC(C)C)CNC1CC1. The zero-order valence-electron chi connectivity index (χ0n) is 11.8. The molecule has 1 atom stereocenters. The van der Waals surface area contributed by atoms with Gasteiger partial charge in [-0.05, 0) is 37.0 Å². The molecule has 0 aromatic heterocycles. The van der Waals surface area contributed by atoms with E-state index in [1.54, 1.807) is 0 Å². The van der Waals surface area contributed by atoms with Crippen LogP contribution in [0.3, 0.4) is 0 Å². The molecule has 0 aliphatic heterocycles. The summed E-state index contributed by atoms with van der Waals surface area (Å²) in [4.78, 5) is 0. The highest BCUT2D eigenvalue weighted by atomic mass is 15.0. The zero-order valence-corrected chi connectivity index (χ0v) is 11.8. The van der Waals surface area contributed by atoms with Gasteiger partial charge in [0.05, 0.1) is 0 Å². The van der Waals surface area contributed by atoms with Gasteiger partial charge in [-0.3, -0.25) is 0 Å². The maximum absolute atomic E-state index is 3.72. The summed E-state index contributed by atoms with van der Waals surface area (Å²) in [6.45, 7) is 10.7. The van der Waals surface area contributed by atoms with Crippen molar-refractivity contribution in [3.8, 4) is 0 Å². The highest BCUT2D eigenvalue weighted by molar-refractivity contribution is 4.85. The van der Waals surface area contributed by atoms with Crippen LogP contribution in [-0.2, 0) is 0 Å². The van der Waals surface area contributed by atoms with E-state index in [0.29, 0.717) is 5.41 Å². The first-order chi connectivity index (χ1) is 7.56. The second kappa shape index (κ2) is 6.64. The molecular formula is C15H31N. The van der Waals surface area contributed by atoms with Crippen LogP contribution in [0.15, 0.2) is 0 Å². The Morgan fingerprint density at radius 1 is 1.25 bits per heavy atom. The van der Waals surface area contributed by atoms with E-state index in [1.807, 2.05) is 0 Å². The summed E-state index contributed by atoms with van der Waals surface area (Å²) in [5.74, 6) is 0.863. The maximum Gasteiger partial charge on any atom is 0.00684 e. The fraction of sp³-hybridized carbons (Fsp3) is 1.00. The smallest absolute Gasteiger partial charge is 0.00684 e. The molecule has 1 saturated carbocycles. The van der Waals surface area contributed by atoms with E-state index in [2.05, 4.69) is 33.0 Å². The lowest BCUT2D eigenvalue weighted by Crippen LogP contribution is -2.33. The van der Waals surface area contributed by atoms with Gasteiger partial charge < -0.3 is 5.32 Å². The number of nitrogens with one attached hydrogen (secondary N) is 1. The van der Waals surface area contributed by atoms with Gasteiger partial charge in [-0.15, -0.1) is 0 Å². The topological polar surface area (TPSA) is 12.0 Å². The lowest BCUT2D eigenvalue weighted by molar-refractivity contribution is 0.242. The molecule has 0 aromatic rings. The van der Waals surface area contributed by atoms with Crippen LogP contribution < -0.4 is 5.32 Å². The average Bonchev–Trinajstić information content (AvgIpc) is 2.98. The molecule has 0 spiro atoms. The van der Waals surface area contributed by atoms with E-state index in [9.17, 15) is 0 Å². The van der Waals surface area contributed by atoms with Crippen LogP contribution >= 0.6 is 0 Å². The van der Waals surface area contributed by atoms with Gasteiger partial charge in [0.25, 0.3) is 0 Å². The fourth-order valence-electron chi connectivity index (χ4n) is 2.52. The minimum Gasteiger partial charge on any atom is -0.313 e. The molecule has 16 heavy (non-hydrogen) atoms. The quantitative estimate of drug-likeness (QED) is 0.614. The van der Waals surface area contributed by atoms with Crippen molar-refractivity contribution in [2.45, 2.75) is 78.7 Å². The van der Waals surface area contributed by atoms with Crippen molar-refractivity contribution in [3.05, 3.63) is 0 Å².